The zero-order chi connectivity index (χ0) is 13.9. The Morgan fingerprint density at radius 3 is 2.84 bits per heavy atom. The summed E-state index contributed by atoms with van der Waals surface area (Å²) in [5.41, 5.74) is -0.369. The van der Waals surface area contributed by atoms with E-state index in [2.05, 4.69) is 5.32 Å². The topological polar surface area (TPSA) is 88.1 Å². The molecule has 108 valence electrons. The van der Waals surface area contributed by atoms with Gasteiger partial charge in [-0.25, -0.2) is 9.59 Å². The lowest BCUT2D eigenvalue weighted by Gasteiger charge is -2.38. The van der Waals surface area contributed by atoms with E-state index in [1.54, 1.807) is 0 Å². The van der Waals surface area contributed by atoms with Crippen LogP contribution in [0.15, 0.2) is 0 Å². The molecule has 7 nitrogen and oxygen atoms in total. The van der Waals surface area contributed by atoms with Crippen LogP contribution in [0, 0.1) is 0 Å². The molecule has 2 heterocycles. The van der Waals surface area contributed by atoms with Gasteiger partial charge in [0.2, 0.25) is 0 Å². The molecule has 2 aliphatic heterocycles. The number of urea groups is 1. The average Bonchev–Trinajstić information content (AvgIpc) is 2.39. The van der Waals surface area contributed by atoms with Gasteiger partial charge in [-0.15, -0.1) is 0 Å². The van der Waals surface area contributed by atoms with E-state index in [-0.39, 0.29) is 24.7 Å². The molecular formula is C12H20N2O5. The predicted octanol–water partition coefficient (Wildman–Crippen LogP) is 0.0505. The highest BCUT2D eigenvalue weighted by Gasteiger charge is 2.34. The Kier molecular flexibility index (Phi) is 4.26. The van der Waals surface area contributed by atoms with Crippen LogP contribution < -0.4 is 5.32 Å². The molecule has 0 bridgehead atoms. The lowest BCUT2D eigenvalue weighted by Crippen LogP contribution is -2.58. The summed E-state index contributed by atoms with van der Waals surface area (Å²) >= 11 is 0. The number of rotatable bonds is 2. The van der Waals surface area contributed by atoms with Gasteiger partial charge in [0.25, 0.3) is 0 Å². The zero-order valence-corrected chi connectivity index (χ0v) is 11.1. The molecule has 2 unspecified atom stereocenters. The molecule has 2 amide bonds. The zero-order valence-electron chi connectivity index (χ0n) is 11.1. The molecule has 0 radical (unpaired) electrons. The van der Waals surface area contributed by atoms with Crippen LogP contribution in [-0.4, -0.2) is 66.6 Å². The summed E-state index contributed by atoms with van der Waals surface area (Å²) in [6.45, 7) is 3.90. The second kappa shape index (κ2) is 5.75. The summed E-state index contributed by atoms with van der Waals surface area (Å²) in [5.74, 6) is -1.04. The second-order valence-electron chi connectivity index (χ2n) is 5.29. The van der Waals surface area contributed by atoms with Gasteiger partial charge in [-0.2, -0.15) is 0 Å². The minimum atomic E-state index is -1.04. The molecule has 7 heteroatoms. The van der Waals surface area contributed by atoms with Crippen LogP contribution in [0.25, 0.3) is 0 Å². The third-order valence-electron chi connectivity index (χ3n) is 3.48. The molecule has 2 saturated heterocycles. The number of ether oxygens (including phenoxy) is 2. The number of carboxylic acids is 1. The van der Waals surface area contributed by atoms with Crippen molar-refractivity contribution in [3.8, 4) is 0 Å². The Morgan fingerprint density at radius 1 is 1.42 bits per heavy atom. The maximum absolute atomic E-state index is 12.2. The number of nitrogens with one attached hydrogen (secondary N) is 1. The predicted molar refractivity (Wildman–Crippen MR) is 65.9 cm³/mol. The van der Waals surface area contributed by atoms with Gasteiger partial charge >= 0.3 is 12.0 Å². The molecule has 0 spiro atoms. The first kappa shape index (κ1) is 14.1. The van der Waals surface area contributed by atoms with E-state index >= 15 is 0 Å². The number of amides is 2. The van der Waals surface area contributed by atoms with Gasteiger partial charge in [-0.05, 0) is 19.8 Å². The highest BCUT2D eigenvalue weighted by atomic mass is 16.5. The fourth-order valence-electron chi connectivity index (χ4n) is 2.35. The first-order valence-corrected chi connectivity index (χ1v) is 6.49. The Hall–Kier alpha value is -1.34. The van der Waals surface area contributed by atoms with E-state index in [4.69, 9.17) is 14.6 Å². The van der Waals surface area contributed by atoms with Crippen LogP contribution in [0.1, 0.15) is 19.8 Å². The van der Waals surface area contributed by atoms with Gasteiger partial charge in [0.15, 0.2) is 6.10 Å². The normalized spacial score (nSPS) is 31.8. The quantitative estimate of drug-likeness (QED) is 0.741. The van der Waals surface area contributed by atoms with Gasteiger partial charge in [0.1, 0.15) is 0 Å². The Morgan fingerprint density at radius 2 is 2.21 bits per heavy atom. The van der Waals surface area contributed by atoms with Crippen molar-refractivity contribution in [1.82, 2.24) is 10.2 Å². The van der Waals surface area contributed by atoms with Crippen molar-refractivity contribution in [2.45, 2.75) is 31.4 Å². The summed E-state index contributed by atoms with van der Waals surface area (Å²) in [6.07, 6.45) is 0.846. The monoisotopic (exact) mass is 272 g/mol. The van der Waals surface area contributed by atoms with Crippen LogP contribution >= 0.6 is 0 Å². The molecule has 0 aromatic rings. The van der Waals surface area contributed by atoms with Gasteiger partial charge in [0, 0.05) is 13.2 Å². The van der Waals surface area contributed by atoms with Crippen molar-refractivity contribution in [2.75, 3.05) is 32.9 Å². The van der Waals surface area contributed by atoms with Crippen LogP contribution in [0.5, 0.6) is 0 Å². The standard InChI is InChI=1S/C12H20N2O5/c1-12(3-2-5-18-8-12)13-11(17)14-4-6-19-9(7-14)10(15)16/h9H,2-8H2,1H3,(H,13,17)(H,15,16). The van der Waals surface area contributed by atoms with E-state index in [1.807, 2.05) is 6.92 Å². The van der Waals surface area contributed by atoms with E-state index in [0.717, 1.165) is 19.4 Å². The summed E-state index contributed by atoms with van der Waals surface area (Å²) in [6, 6.07) is -0.248. The second-order valence-corrected chi connectivity index (χ2v) is 5.29. The number of hydrogen-bond donors (Lipinski definition) is 2. The van der Waals surface area contributed by atoms with E-state index in [0.29, 0.717) is 13.2 Å². The molecule has 2 fully saturated rings. The Balaban J connectivity index is 1.90. The largest absolute Gasteiger partial charge is 0.479 e. The van der Waals surface area contributed by atoms with Gasteiger partial charge in [0.05, 0.1) is 25.3 Å². The molecule has 19 heavy (non-hydrogen) atoms. The van der Waals surface area contributed by atoms with Crippen molar-refractivity contribution in [2.24, 2.45) is 0 Å². The maximum atomic E-state index is 12.2. The number of morpholine rings is 1. The summed E-state index contributed by atoms with van der Waals surface area (Å²) in [4.78, 5) is 24.5. The third-order valence-corrected chi connectivity index (χ3v) is 3.48. The molecule has 0 aromatic heterocycles. The van der Waals surface area contributed by atoms with E-state index in [1.165, 1.54) is 4.90 Å². The number of aliphatic carboxylic acids is 1. The lowest BCUT2D eigenvalue weighted by molar-refractivity contribution is -0.154. The number of nitrogens with zero attached hydrogens (tertiary/aromatic N) is 1. The Bertz CT molecular complexity index is 354. The number of carboxylic acid groups (broad SMARTS) is 1. The number of carbonyl (C=O) groups excluding carboxylic acids is 1. The Labute approximate surface area is 111 Å². The first-order chi connectivity index (χ1) is 9.00. The smallest absolute Gasteiger partial charge is 0.334 e. The van der Waals surface area contributed by atoms with Crippen LogP contribution in [-0.2, 0) is 14.3 Å². The van der Waals surface area contributed by atoms with Crippen LogP contribution in [0.2, 0.25) is 0 Å². The SMILES string of the molecule is CC1(NC(=O)N2CCOC(C(=O)O)C2)CCCOC1. The average molecular weight is 272 g/mol. The van der Waals surface area contributed by atoms with Crippen LogP contribution in [0.4, 0.5) is 4.79 Å². The fraction of sp³-hybridized carbons (Fsp3) is 0.833. The summed E-state index contributed by atoms with van der Waals surface area (Å²) in [5, 5.41) is 11.8. The van der Waals surface area contributed by atoms with Crippen molar-refractivity contribution in [1.29, 1.82) is 0 Å². The number of hydrogen-bond acceptors (Lipinski definition) is 4. The van der Waals surface area contributed by atoms with E-state index in [9.17, 15) is 9.59 Å². The fourth-order valence-corrected chi connectivity index (χ4v) is 2.35. The third kappa shape index (κ3) is 3.57. The summed E-state index contributed by atoms with van der Waals surface area (Å²) in [7, 11) is 0. The van der Waals surface area contributed by atoms with Crippen molar-refractivity contribution >= 4 is 12.0 Å². The molecule has 0 saturated carbocycles. The molecular weight excluding hydrogens is 252 g/mol. The molecule has 2 atom stereocenters. The molecule has 0 aromatic carbocycles. The lowest BCUT2D eigenvalue weighted by atomic mass is 9.95. The van der Waals surface area contributed by atoms with Gasteiger partial charge in [-0.1, -0.05) is 0 Å². The minimum Gasteiger partial charge on any atom is -0.479 e. The van der Waals surface area contributed by atoms with Crippen molar-refractivity contribution in [3.05, 3.63) is 0 Å². The highest BCUT2D eigenvalue weighted by molar-refractivity contribution is 5.78. The summed E-state index contributed by atoms with van der Waals surface area (Å²) < 4.78 is 10.5. The van der Waals surface area contributed by atoms with Crippen LogP contribution in [0.3, 0.4) is 0 Å². The molecule has 0 aliphatic carbocycles. The minimum absolute atomic E-state index is 0.0815. The molecule has 2 rings (SSSR count). The molecule has 2 N–H and O–H groups in total. The van der Waals surface area contributed by atoms with Gasteiger partial charge in [-0.3, -0.25) is 0 Å². The van der Waals surface area contributed by atoms with Gasteiger partial charge < -0.3 is 24.8 Å². The van der Waals surface area contributed by atoms with Crippen molar-refractivity contribution < 1.29 is 24.2 Å². The van der Waals surface area contributed by atoms with E-state index < -0.39 is 12.1 Å². The maximum Gasteiger partial charge on any atom is 0.334 e. The number of carbonyl (C=O) groups is 2. The highest BCUT2D eigenvalue weighted by Crippen LogP contribution is 2.19. The van der Waals surface area contributed by atoms with Crippen molar-refractivity contribution in [3.63, 3.8) is 0 Å². The first-order valence-electron chi connectivity index (χ1n) is 6.49. The molecule has 2 aliphatic rings.